The minimum atomic E-state index is -0.737. The molecule has 2 saturated heterocycles. The quantitative estimate of drug-likeness (QED) is 0.713. The maximum Gasteiger partial charge on any atom is 0.321 e. The molecule has 4 rings (SSSR count). The van der Waals surface area contributed by atoms with E-state index in [0.717, 1.165) is 56.0 Å². The van der Waals surface area contributed by atoms with Crippen LogP contribution in [0.1, 0.15) is 0 Å². The number of hydrogen-bond acceptors (Lipinski definition) is 7. The molecule has 0 unspecified atom stereocenters. The minimum absolute atomic E-state index is 0.0913. The summed E-state index contributed by atoms with van der Waals surface area (Å²) in [6, 6.07) is 6.44. The summed E-state index contributed by atoms with van der Waals surface area (Å²) < 4.78 is 26.6. The van der Waals surface area contributed by atoms with Gasteiger partial charge in [-0.05, 0) is 24.3 Å². The Labute approximate surface area is 185 Å². The van der Waals surface area contributed by atoms with Gasteiger partial charge in [0.2, 0.25) is 0 Å². The zero-order chi connectivity index (χ0) is 22.5. The number of aromatic nitrogens is 2. The summed E-state index contributed by atoms with van der Waals surface area (Å²) in [4.78, 5) is 20.5. The number of halogens is 2. The molecule has 0 aliphatic carbocycles. The van der Waals surface area contributed by atoms with Gasteiger partial charge in [0.05, 0.1) is 6.61 Å². The van der Waals surface area contributed by atoms with E-state index in [1.807, 2.05) is 12.1 Å². The van der Waals surface area contributed by atoms with Crippen LogP contribution in [-0.2, 0) is 0 Å². The molecule has 0 spiro atoms. The van der Waals surface area contributed by atoms with Crippen molar-refractivity contribution in [1.29, 1.82) is 0 Å². The molecule has 2 amide bonds. The number of β-amino-alcohol motifs (C(OH)–C–C–N with tert-alkyl or cyclic N) is 1. The van der Waals surface area contributed by atoms with Crippen LogP contribution in [0.4, 0.5) is 30.9 Å². The Balaban J connectivity index is 1.27. The molecule has 0 saturated carbocycles. The van der Waals surface area contributed by atoms with Crippen molar-refractivity contribution in [3.05, 3.63) is 42.0 Å². The van der Waals surface area contributed by atoms with Crippen molar-refractivity contribution in [2.45, 2.75) is 0 Å². The number of amides is 2. The van der Waals surface area contributed by atoms with Gasteiger partial charge in [-0.3, -0.25) is 4.90 Å². The smallest absolute Gasteiger partial charge is 0.321 e. The maximum atomic E-state index is 13.3. The number of benzene rings is 1. The highest BCUT2D eigenvalue weighted by Gasteiger charge is 2.23. The van der Waals surface area contributed by atoms with Crippen molar-refractivity contribution in [2.24, 2.45) is 0 Å². The van der Waals surface area contributed by atoms with Crippen molar-refractivity contribution in [1.82, 2.24) is 20.0 Å². The summed E-state index contributed by atoms with van der Waals surface area (Å²) in [6.45, 7) is 6.41. The number of carbonyl (C=O) groups excluding carboxylic acids is 1. The molecule has 9 nitrogen and oxygen atoms in total. The van der Waals surface area contributed by atoms with Gasteiger partial charge in [-0.15, -0.1) is 10.2 Å². The molecular formula is C21H27F2N7O2. The van der Waals surface area contributed by atoms with Gasteiger partial charge in [-0.25, -0.2) is 13.6 Å². The second kappa shape index (κ2) is 10.0. The average Bonchev–Trinajstić information content (AvgIpc) is 2.79. The molecule has 2 aromatic rings. The SMILES string of the molecule is O=C(Nc1cc(F)cc(F)c1)N1CCN(c2ccc(N3CCN(CCO)CC3)nn2)CC1. The third-order valence-corrected chi connectivity index (χ3v) is 5.75. The molecule has 0 atom stereocenters. The van der Waals surface area contributed by atoms with E-state index in [0.29, 0.717) is 32.7 Å². The number of hydrogen-bond donors (Lipinski definition) is 2. The second-order valence-electron chi connectivity index (χ2n) is 7.86. The highest BCUT2D eigenvalue weighted by atomic mass is 19.1. The fourth-order valence-electron chi connectivity index (χ4n) is 3.96. The number of nitrogens with zero attached hydrogens (tertiary/aromatic N) is 6. The van der Waals surface area contributed by atoms with Gasteiger partial charge in [0.1, 0.15) is 11.6 Å². The molecule has 11 heteroatoms. The van der Waals surface area contributed by atoms with Crippen LogP contribution in [0.25, 0.3) is 0 Å². The van der Waals surface area contributed by atoms with Crippen molar-refractivity contribution in [3.8, 4) is 0 Å². The van der Waals surface area contributed by atoms with E-state index in [1.54, 1.807) is 4.90 Å². The van der Waals surface area contributed by atoms with Crippen LogP contribution in [0.3, 0.4) is 0 Å². The molecule has 3 heterocycles. The molecule has 2 fully saturated rings. The van der Waals surface area contributed by atoms with Crippen LogP contribution in [0, 0.1) is 11.6 Å². The van der Waals surface area contributed by atoms with E-state index in [1.165, 1.54) is 0 Å². The van der Waals surface area contributed by atoms with Crippen molar-refractivity contribution < 1.29 is 18.7 Å². The van der Waals surface area contributed by atoms with Crippen LogP contribution in [0.15, 0.2) is 30.3 Å². The summed E-state index contributed by atoms with van der Waals surface area (Å²) >= 11 is 0. The molecule has 0 radical (unpaired) electrons. The Morgan fingerprint density at radius 1 is 0.875 bits per heavy atom. The first-order valence-corrected chi connectivity index (χ1v) is 10.7. The van der Waals surface area contributed by atoms with E-state index in [2.05, 4.69) is 30.2 Å². The van der Waals surface area contributed by atoms with Crippen molar-refractivity contribution in [3.63, 3.8) is 0 Å². The topological polar surface area (TPSA) is 88.1 Å². The van der Waals surface area contributed by atoms with Crippen molar-refractivity contribution >= 4 is 23.4 Å². The lowest BCUT2D eigenvalue weighted by atomic mass is 10.3. The number of aliphatic hydroxyl groups is 1. The predicted molar refractivity (Wildman–Crippen MR) is 117 cm³/mol. The Morgan fingerprint density at radius 3 is 1.91 bits per heavy atom. The lowest BCUT2D eigenvalue weighted by molar-refractivity contribution is 0.188. The third-order valence-electron chi connectivity index (χ3n) is 5.75. The Morgan fingerprint density at radius 2 is 1.41 bits per heavy atom. The van der Waals surface area contributed by atoms with Crippen LogP contribution >= 0.6 is 0 Å². The number of nitrogens with one attached hydrogen (secondary N) is 1. The number of carbonyl (C=O) groups is 1. The zero-order valence-corrected chi connectivity index (χ0v) is 17.8. The van der Waals surface area contributed by atoms with E-state index in [-0.39, 0.29) is 12.3 Å². The monoisotopic (exact) mass is 447 g/mol. The summed E-state index contributed by atoms with van der Waals surface area (Å²) in [5.74, 6) is 0.107. The van der Waals surface area contributed by atoms with Crippen LogP contribution in [-0.4, -0.2) is 96.6 Å². The molecule has 2 N–H and O–H groups in total. The number of urea groups is 1. The van der Waals surface area contributed by atoms with Crippen LogP contribution in [0.2, 0.25) is 0 Å². The highest BCUT2D eigenvalue weighted by Crippen LogP contribution is 2.19. The molecule has 0 bridgehead atoms. The molecule has 2 aliphatic rings. The Bertz CT molecular complexity index is 895. The standard InChI is InChI=1S/C21H27F2N7O2/c22-16-13-17(23)15-18(14-16)24-21(32)30-9-7-29(8-10-30)20-2-1-19(25-26-20)28-5-3-27(4-6-28)11-12-31/h1-2,13-15,31H,3-12H2,(H,24,32). The molecule has 172 valence electrons. The Hall–Kier alpha value is -3.05. The van der Waals surface area contributed by atoms with Crippen LogP contribution < -0.4 is 15.1 Å². The predicted octanol–water partition coefficient (Wildman–Crippen LogP) is 1.22. The van der Waals surface area contributed by atoms with E-state index in [4.69, 9.17) is 5.11 Å². The molecule has 1 aromatic heterocycles. The number of anilines is 3. The number of aliphatic hydroxyl groups excluding tert-OH is 1. The van der Waals surface area contributed by atoms with Crippen molar-refractivity contribution in [2.75, 3.05) is 80.6 Å². The van der Waals surface area contributed by atoms with Gasteiger partial charge in [0, 0.05) is 70.7 Å². The first-order chi connectivity index (χ1) is 15.5. The largest absolute Gasteiger partial charge is 0.395 e. The van der Waals surface area contributed by atoms with E-state index < -0.39 is 17.7 Å². The van der Waals surface area contributed by atoms with E-state index in [9.17, 15) is 13.6 Å². The third kappa shape index (κ3) is 5.40. The summed E-state index contributed by atoms with van der Waals surface area (Å²) in [6.07, 6.45) is 0. The summed E-state index contributed by atoms with van der Waals surface area (Å²) in [5, 5.41) is 20.3. The van der Waals surface area contributed by atoms with Gasteiger partial charge in [0.15, 0.2) is 11.6 Å². The molecule has 2 aliphatic heterocycles. The normalized spacial score (nSPS) is 17.5. The molecule has 1 aromatic carbocycles. The lowest BCUT2D eigenvalue weighted by Gasteiger charge is -2.36. The summed E-state index contributed by atoms with van der Waals surface area (Å²) in [5.41, 5.74) is 0.0913. The Kier molecular flexibility index (Phi) is 6.96. The summed E-state index contributed by atoms with van der Waals surface area (Å²) in [7, 11) is 0. The number of rotatable bonds is 5. The number of piperazine rings is 2. The maximum absolute atomic E-state index is 13.3. The zero-order valence-electron chi connectivity index (χ0n) is 17.8. The lowest BCUT2D eigenvalue weighted by Crippen LogP contribution is -2.50. The van der Waals surface area contributed by atoms with Gasteiger partial charge in [-0.2, -0.15) is 0 Å². The van der Waals surface area contributed by atoms with Gasteiger partial charge >= 0.3 is 6.03 Å². The van der Waals surface area contributed by atoms with E-state index >= 15 is 0 Å². The minimum Gasteiger partial charge on any atom is -0.395 e. The van der Waals surface area contributed by atoms with Crippen LogP contribution in [0.5, 0.6) is 0 Å². The molecular weight excluding hydrogens is 420 g/mol. The van der Waals surface area contributed by atoms with Gasteiger partial charge in [0.25, 0.3) is 0 Å². The highest BCUT2D eigenvalue weighted by molar-refractivity contribution is 5.89. The fraction of sp³-hybridized carbons (Fsp3) is 0.476. The van der Waals surface area contributed by atoms with Gasteiger partial charge in [-0.1, -0.05) is 0 Å². The first-order valence-electron chi connectivity index (χ1n) is 10.7. The molecule has 32 heavy (non-hydrogen) atoms. The fourth-order valence-corrected chi connectivity index (χ4v) is 3.96. The van der Waals surface area contributed by atoms with Gasteiger partial charge < -0.3 is 25.1 Å². The average molecular weight is 447 g/mol. The first kappa shape index (κ1) is 22.2. The second-order valence-corrected chi connectivity index (χ2v) is 7.86.